The summed E-state index contributed by atoms with van der Waals surface area (Å²) < 4.78 is 1.73. The largest absolute Gasteiger partial charge is 0.239 e. The number of hydrogen-bond donors (Lipinski definition) is 0. The molecular formula is C12H11N3. The van der Waals surface area contributed by atoms with Gasteiger partial charge < -0.3 is 0 Å². The lowest BCUT2D eigenvalue weighted by atomic mass is 10.1. The Labute approximate surface area is 88.6 Å². The highest BCUT2D eigenvalue weighted by Crippen LogP contribution is 2.15. The van der Waals surface area contributed by atoms with Crippen molar-refractivity contribution in [2.45, 2.75) is 13.8 Å². The molecule has 0 atom stereocenters. The smallest absolute Gasteiger partial charge is 0.101 e. The number of nitriles is 1. The SMILES string of the molecule is Cc1ccc(-n2ccc(C)n2)c(C#N)c1. The van der Waals surface area contributed by atoms with Gasteiger partial charge in [0, 0.05) is 6.20 Å². The summed E-state index contributed by atoms with van der Waals surface area (Å²) in [5, 5.41) is 13.3. The normalized spacial score (nSPS) is 9.93. The van der Waals surface area contributed by atoms with Crippen LogP contribution < -0.4 is 0 Å². The third-order valence-corrected chi connectivity index (χ3v) is 2.24. The second-order valence-electron chi connectivity index (χ2n) is 3.53. The van der Waals surface area contributed by atoms with Crippen molar-refractivity contribution in [2.24, 2.45) is 0 Å². The molecule has 15 heavy (non-hydrogen) atoms. The van der Waals surface area contributed by atoms with E-state index in [1.54, 1.807) is 4.68 Å². The Bertz CT molecular complexity index is 532. The third kappa shape index (κ3) is 1.75. The van der Waals surface area contributed by atoms with Crippen molar-refractivity contribution >= 4 is 0 Å². The lowest BCUT2D eigenvalue weighted by molar-refractivity contribution is 0.859. The summed E-state index contributed by atoms with van der Waals surface area (Å²) in [4.78, 5) is 0. The zero-order valence-corrected chi connectivity index (χ0v) is 8.73. The second kappa shape index (κ2) is 3.58. The number of hydrogen-bond acceptors (Lipinski definition) is 2. The van der Waals surface area contributed by atoms with Crippen molar-refractivity contribution in [3.63, 3.8) is 0 Å². The van der Waals surface area contributed by atoms with E-state index in [1.807, 2.05) is 44.3 Å². The van der Waals surface area contributed by atoms with E-state index in [4.69, 9.17) is 5.26 Å². The van der Waals surface area contributed by atoms with Gasteiger partial charge in [0.2, 0.25) is 0 Å². The summed E-state index contributed by atoms with van der Waals surface area (Å²) in [6.45, 7) is 3.90. The number of aryl methyl sites for hydroxylation is 2. The summed E-state index contributed by atoms with van der Waals surface area (Å²) in [6, 6.07) is 9.86. The van der Waals surface area contributed by atoms with Gasteiger partial charge in [0.05, 0.1) is 16.9 Å². The Balaban J connectivity index is 2.58. The molecule has 0 amide bonds. The minimum atomic E-state index is 0.651. The van der Waals surface area contributed by atoms with Crippen LogP contribution in [0.25, 0.3) is 5.69 Å². The Hall–Kier alpha value is -2.08. The van der Waals surface area contributed by atoms with E-state index in [0.29, 0.717) is 5.56 Å². The Morgan fingerprint density at radius 1 is 1.27 bits per heavy atom. The van der Waals surface area contributed by atoms with Gasteiger partial charge in [-0.1, -0.05) is 6.07 Å². The molecule has 2 rings (SSSR count). The first-order valence-corrected chi connectivity index (χ1v) is 4.74. The number of benzene rings is 1. The van der Waals surface area contributed by atoms with Crippen LogP contribution in [0, 0.1) is 25.2 Å². The molecule has 0 spiro atoms. The standard InChI is InChI=1S/C12H11N3/c1-9-3-4-12(11(7-9)8-13)15-6-5-10(2)14-15/h3-7H,1-2H3. The molecule has 1 heterocycles. The summed E-state index contributed by atoms with van der Waals surface area (Å²) in [6.07, 6.45) is 1.86. The molecule has 74 valence electrons. The molecule has 0 aliphatic carbocycles. The first-order chi connectivity index (χ1) is 7.20. The van der Waals surface area contributed by atoms with E-state index in [2.05, 4.69) is 11.2 Å². The van der Waals surface area contributed by atoms with E-state index in [1.165, 1.54) is 0 Å². The van der Waals surface area contributed by atoms with E-state index in [9.17, 15) is 0 Å². The topological polar surface area (TPSA) is 41.6 Å². The highest BCUT2D eigenvalue weighted by atomic mass is 15.3. The van der Waals surface area contributed by atoms with Gasteiger partial charge >= 0.3 is 0 Å². The first-order valence-electron chi connectivity index (χ1n) is 4.74. The molecule has 0 saturated heterocycles. The Kier molecular flexibility index (Phi) is 2.26. The van der Waals surface area contributed by atoms with Gasteiger partial charge in [-0.25, -0.2) is 4.68 Å². The minimum absolute atomic E-state index is 0.651. The van der Waals surface area contributed by atoms with Gasteiger partial charge in [0.1, 0.15) is 6.07 Å². The minimum Gasteiger partial charge on any atom is -0.239 e. The van der Waals surface area contributed by atoms with Crippen LogP contribution in [-0.4, -0.2) is 9.78 Å². The highest BCUT2D eigenvalue weighted by molar-refractivity contribution is 5.50. The molecule has 0 bridgehead atoms. The van der Waals surface area contributed by atoms with Crippen molar-refractivity contribution in [1.82, 2.24) is 9.78 Å². The lowest BCUT2D eigenvalue weighted by Gasteiger charge is -2.04. The number of rotatable bonds is 1. The zero-order chi connectivity index (χ0) is 10.8. The summed E-state index contributed by atoms with van der Waals surface area (Å²) >= 11 is 0. The molecule has 0 fully saturated rings. The van der Waals surface area contributed by atoms with Crippen LogP contribution in [0.3, 0.4) is 0 Å². The molecule has 0 aliphatic heterocycles. The van der Waals surface area contributed by atoms with Crippen molar-refractivity contribution in [3.8, 4) is 11.8 Å². The Morgan fingerprint density at radius 3 is 2.67 bits per heavy atom. The maximum absolute atomic E-state index is 9.02. The first kappa shape index (κ1) is 9.47. The maximum Gasteiger partial charge on any atom is 0.101 e. The molecule has 0 radical (unpaired) electrons. The van der Waals surface area contributed by atoms with Crippen molar-refractivity contribution < 1.29 is 0 Å². The van der Waals surface area contributed by atoms with Crippen molar-refractivity contribution in [3.05, 3.63) is 47.3 Å². The zero-order valence-electron chi connectivity index (χ0n) is 8.73. The summed E-state index contributed by atoms with van der Waals surface area (Å²) in [5.41, 5.74) is 3.51. The van der Waals surface area contributed by atoms with Gasteiger partial charge in [-0.3, -0.25) is 0 Å². The predicted molar refractivity (Wildman–Crippen MR) is 57.8 cm³/mol. The average molecular weight is 197 g/mol. The molecule has 1 aromatic heterocycles. The molecule has 0 unspecified atom stereocenters. The molecule has 3 nitrogen and oxygen atoms in total. The third-order valence-electron chi connectivity index (χ3n) is 2.24. The second-order valence-corrected chi connectivity index (χ2v) is 3.53. The molecule has 0 N–H and O–H groups in total. The Morgan fingerprint density at radius 2 is 2.07 bits per heavy atom. The van der Waals surface area contributed by atoms with Gasteiger partial charge in [-0.2, -0.15) is 10.4 Å². The molecule has 1 aromatic carbocycles. The fourth-order valence-corrected chi connectivity index (χ4v) is 1.49. The fourth-order valence-electron chi connectivity index (χ4n) is 1.49. The fraction of sp³-hybridized carbons (Fsp3) is 0.167. The van der Waals surface area contributed by atoms with E-state index < -0.39 is 0 Å². The molecule has 0 aliphatic rings. The van der Waals surface area contributed by atoms with Crippen LogP contribution in [-0.2, 0) is 0 Å². The molecular weight excluding hydrogens is 186 g/mol. The highest BCUT2D eigenvalue weighted by Gasteiger charge is 2.04. The molecule has 3 heteroatoms. The summed E-state index contributed by atoms with van der Waals surface area (Å²) in [7, 11) is 0. The van der Waals surface area contributed by atoms with Crippen LogP contribution in [0.5, 0.6) is 0 Å². The van der Waals surface area contributed by atoms with Crippen LogP contribution in [0.4, 0.5) is 0 Å². The lowest BCUT2D eigenvalue weighted by Crippen LogP contribution is -1.98. The van der Waals surface area contributed by atoms with Crippen LogP contribution in [0.15, 0.2) is 30.5 Å². The summed E-state index contributed by atoms with van der Waals surface area (Å²) in [5.74, 6) is 0. The molecule has 0 saturated carbocycles. The van der Waals surface area contributed by atoms with E-state index >= 15 is 0 Å². The number of nitrogens with zero attached hydrogens (tertiary/aromatic N) is 3. The monoisotopic (exact) mass is 197 g/mol. The quantitative estimate of drug-likeness (QED) is 0.704. The van der Waals surface area contributed by atoms with Gasteiger partial charge in [0.15, 0.2) is 0 Å². The van der Waals surface area contributed by atoms with E-state index in [-0.39, 0.29) is 0 Å². The van der Waals surface area contributed by atoms with Crippen LogP contribution in [0.1, 0.15) is 16.8 Å². The van der Waals surface area contributed by atoms with Crippen LogP contribution >= 0.6 is 0 Å². The van der Waals surface area contributed by atoms with Gasteiger partial charge in [0.25, 0.3) is 0 Å². The van der Waals surface area contributed by atoms with Crippen molar-refractivity contribution in [2.75, 3.05) is 0 Å². The maximum atomic E-state index is 9.02. The number of aromatic nitrogens is 2. The van der Waals surface area contributed by atoms with E-state index in [0.717, 1.165) is 16.9 Å². The molecule has 2 aromatic rings. The van der Waals surface area contributed by atoms with Gasteiger partial charge in [-0.05, 0) is 37.6 Å². The predicted octanol–water partition coefficient (Wildman–Crippen LogP) is 2.36. The van der Waals surface area contributed by atoms with Gasteiger partial charge in [-0.15, -0.1) is 0 Å². The van der Waals surface area contributed by atoms with Crippen molar-refractivity contribution in [1.29, 1.82) is 5.26 Å². The van der Waals surface area contributed by atoms with Crippen LogP contribution in [0.2, 0.25) is 0 Å². The average Bonchev–Trinajstić information content (AvgIpc) is 2.64.